The van der Waals surface area contributed by atoms with Crippen molar-refractivity contribution in [2.45, 2.75) is 44.6 Å². The molecule has 1 nitrogen and oxygen atoms in total. The molecule has 5 atom stereocenters. The molecule has 1 N–H and O–H groups in total. The largest absolute Gasteiger partial charge is 0.426 e. The van der Waals surface area contributed by atoms with Crippen LogP contribution in [-0.4, -0.2) is 23.1 Å². The number of hydrogen-bond acceptors (Lipinski definition) is 1. The summed E-state index contributed by atoms with van der Waals surface area (Å²) >= 11 is 0. The average molecular weight is 290 g/mol. The SMILES string of the molecule is CC1C2CC(C1C)C(C(O)(C(F)(F)F)C(F)(F)F)C2. The summed E-state index contributed by atoms with van der Waals surface area (Å²) in [6, 6.07) is 0. The third-order valence-corrected chi connectivity index (χ3v) is 5.30. The molecule has 0 aromatic carbocycles. The average Bonchev–Trinajstić information content (AvgIpc) is 2.76. The highest BCUT2D eigenvalue weighted by molar-refractivity contribution is 5.09. The summed E-state index contributed by atoms with van der Waals surface area (Å²) in [5.74, 6) is -2.75. The van der Waals surface area contributed by atoms with Crippen molar-refractivity contribution in [1.29, 1.82) is 0 Å². The van der Waals surface area contributed by atoms with E-state index in [4.69, 9.17) is 0 Å². The van der Waals surface area contributed by atoms with Crippen LogP contribution < -0.4 is 0 Å². The molecular formula is C12H16F6O. The maximum Gasteiger partial charge on any atom is 0.426 e. The molecule has 0 heterocycles. The molecule has 0 radical (unpaired) electrons. The van der Waals surface area contributed by atoms with E-state index in [2.05, 4.69) is 0 Å². The number of aliphatic hydroxyl groups is 1. The molecule has 0 aliphatic heterocycles. The second-order valence-corrected chi connectivity index (χ2v) is 5.98. The molecule has 2 fully saturated rings. The maximum atomic E-state index is 12.8. The minimum atomic E-state index is -5.69. The summed E-state index contributed by atoms with van der Waals surface area (Å²) in [6.45, 7) is 3.53. The van der Waals surface area contributed by atoms with E-state index in [-0.39, 0.29) is 24.2 Å². The lowest BCUT2D eigenvalue weighted by Gasteiger charge is -2.43. The quantitative estimate of drug-likeness (QED) is 0.729. The van der Waals surface area contributed by atoms with E-state index in [0.29, 0.717) is 6.42 Å². The third-order valence-electron chi connectivity index (χ3n) is 5.30. The van der Waals surface area contributed by atoms with Gasteiger partial charge in [-0.25, -0.2) is 0 Å². The van der Waals surface area contributed by atoms with Gasteiger partial charge in [0.05, 0.1) is 0 Å². The molecule has 2 rings (SSSR count). The van der Waals surface area contributed by atoms with E-state index in [0.717, 1.165) is 0 Å². The van der Waals surface area contributed by atoms with Gasteiger partial charge in [0.15, 0.2) is 0 Å². The monoisotopic (exact) mass is 290 g/mol. The molecule has 112 valence electrons. The number of fused-ring (bicyclic) bond motifs is 2. The van der Waals surface area contributed by atoms with Gasteiger partial charge in [-0.2, -0.15) is 26.3 Å². The zero-order valence-electron chi connectivity index (χ0n) is 10.5. The fourth-order valence-electron chi connectivity index (χ4n) is 4.00. The lowest BCUT2D eigenvalue weighted by atomic mass is 9.68. The molecule has 0 spiro atoms. The van der Waals surface area contributed by atoms with Gasteiger partial charge < -0.3 is 5.11 Å². The van der Waals surface area contributed by atoms with Crippen molar-refractivity contribution in [3.63, 3.8) is 0 Å². The Labute approximate surface area is 107 Å². The predicted molar refractivity (Wildman–Crippen MR) is 55.1 cm³/mol. The van der Waals surface area contributed by atoms with Gasteiger partial charge in [0.2, 0.25) is 0 Å². The molecule has 2 aliphatic rings. The molecule has 0 aromatic rings. The molecule has 2 saturated carbocycles. The van der Waals surface area contributed by atoms with Crippen LogP contribution in [0.4, 0.5) is 26.3 Å². The van der Waals surface area contributed by atoms with Crippen molar-refractivity contribution in [3.8, 4) is 0 Å². The minimum Gasteiger partial charge on any atom is -0.373 e. The van der Waals surface area contributed by atoms with Gasteiger partial charge in [0.25, 0.3) is 5.60 Å². The van der Waals surface area contributed by atoms with Crippen LogP contribution in [0.5, 0.6) is 0 Å². The van der Waals surface area contributed by atoms with Gasteiger partial charge in [-0.1, -0.05) is 13.8 Å². The molecule has 2 bridgehead atoms. The van der Waals surface area contributed by atoms with Gasteiger partial charge in [-0.05, 0) is 36.5 Å². The van der Waals surface area contributed by atoms with Crippen molar-refractivity contribution in [2.24, 2.45) is 29.6 Å². The van der Waals surface area contributed by atoms with E-state index in [1.54, 1.807) is 6.92 Å². The maximum absolute atomic E-state index is 12.8. The lowest BCUT2D eigenvalue weighted by Crippen LogP contribution is -2.63. The van der Waals surface area contributed by atoms with Crippen molar-refractivity contribution >= 4 is 0 Å². The van der Waals surface area contributed by atoms with Crippen LogP contribution in [0.15, 0.2) is 0 Å². The van der Waals surface area contributed by atoms with Crippen LogP contribution in [-0.2, 0) is 0 Å². The number of hydrogen-bond donors (Lipinski definition) is 1. The molecule has 7 heteroatoms. The molecule has 0 aromatic heterocycles. The first-order valence-corrected chi connectivity index (χ1v) is 6.27. The van der Waals surface area contributed by atoms with Gasteiger partial charge in [0.1, 0.15) is 0 Å². The van der Waals surface area contributed by atoms with Crippen LogP contribution in [0, 0.1) is 29.6 Å². The van der Waals surface area contributed by atoms with Crippen LogP contribution in [0.25, 0.3) is 0 Å². The van der Waals surface area contributed by atoms with Crippen LogP contribution in [0.2, 0.25) is 0 Å². The minimum absolute atomic E-state index is 0.118. The van der Waals surface area contributed by atoms with Crippen LogP contribution in [0.3, 0.4) is 0 Å². The van der Waals surface area contributed by atoms with E-state index in [1.165, 1.54) is 0 Å². The predicted octanol–water partition coefficient (Wildman–Crippen LogP) is 3.77. The highest BCUT2D eigenvalue weighted by Crippen LogP contribution is 2.62. The Kier molecular flexibility index (Phi) is 3.16. The zero-order valence-corrected chi connectivity index (χ0v) is 10.5. The molecule has 2 aliphatic carbocycles. The van der Waals surface area contributed by atoms with Gasteiger partial charge in [-0.3, -0.25) is 0 Å². The Morgan fingerprint density at radius 2 is 1.32 bits per heavy atom. The summed E-state index contributed by atoms with van der Waals surface area (Å²) in [5, 5.41) is 9.46. The lowest BCUT2D eigenvalue weighted by molar-refractivity contribution is -0.390. The standard InChI is InChI=1S/C12H16F6O/c1-5-6(2)8-3-7(5)4-9(8)10(19,11(13,14)15)12(16,17)18/h5-9,19H,3-4H2,1-2H3. The molecule has 0 amide bonds. The number of alkyl halides is 6. The summed E-state index contributed by atoms with van der Waals surface area (Å²) in [6.07, 6.45) is -11.2. The topological polar surface area (TPSA) is 20.2 Å². The Morgan fingerprint density at radius 1 is 0.842 bits per heavy atom. The van der Waals surface area contributed by atoms with Crippen molar-refractivity contribution < 1.29 is 31.4 Å². The summed E-state index contributed by atoms with van der Waals surface area (Å²) in [7, 11) is 0. The normalized spacial score (nSPS) is 39.9. The third kappa shape index (κ3) is 1.87. The van der Waals surface area contributed by atoms with Crippen LogP contribution in [0.1, 0.15) is 26.7 Å². The van der Waals surface area contributed by atoms with Crippen molar-refractivity contribution in [1.82, 2.24) is 0 Å². The van der Waals surface area contributed by atoms with Crippen molar-refractivity contribution in [2.75, 3.05) is 0 Å². The first kappa shape index (κ1) is 14.9. The molecule has 5 unspecified atom stereocenters. The Hall–Kier alpha value is -0.460. The smallest absolute Gasteiger partial charge is 0.373 e. The van der Waals surface area contributed by atoms with E-state index < -0.39 is 29.8 Å². The highest BCUT2D eigenvalue weighted by atomic mass is 19.4. The zero-order chi connectivity index (χ0) is 14.8. The second kappa shape index (κ2) is 4.02. The fraction of sp³-hybridized carbons (Fsp3) is 1.00. The highest BCUT2D eigenvalue weighted by Gasteiger charge is 2.76. The van der Waals surface area contributed by atoms with E-state index in [1.807, 2.05) is 6.92 Å². The first-order valence-electron chi connectivity index (χ1n) is 6.27. The molecular weight excluding hydrogens is 274 g/mol. The molecule has 0 saturated heterocycles. The van der Waals surface area contributed by atoms with Gasteiger partial charge in [0, 0.05) is 5.92 Å². The number of halogens is 6. The fourth-order valence-corrected chi connectivity index (χ4v) is 4.00. The Balaban J connectivity index is 2.39. The molecule has 19 heavy (non-hydrogen) atoms. The Morgan fingerprint density at radius 3 is 1.63 bits per heavy atom. The summed E-state index contributed by atoms with van der Waals surface area (Å²) < 4.78 is 77.0. The number of rotatable bonds is 1. The second-order valence-electron chi connectivity index (χ2n) is 5.98. The first-order chi connectivity index (χ1) is 8.41. The van der Waals surface area contributed by atoms with E-state index >= 15 is 0 Å². The van der Waals surface area contributed by atoms with E-state index in [9.17, 15) is 31.4 Å². The Bertz CT molecular complexity index is 344. The summed E-state index contributed by atoms with van der Waals surface area (Å²) in [5.41, 5.74) is -4.58. The van der Waals surface area contributed by atoms with Gasteiger partial charge >= 0.3 is 12.4 Å². The summed E-state index contributed by atoms with van der Waals surface area (Å²) in [4.78, 5) is 0. The van der Waals surface area contributed by atoms with Crippen LogP contribution >= 0.6 is 0 Å². The van der Waals surface area contributed by atoms with Gasteiger partial charge in [-0.15, -0.1) is 0 Å². The van der Waals surface area contributed by atoms with Crippen molar-refractivity contribution in [3.05, 3.63) is 0 Å².